The summed E-state index contributed by atoms with van der Waals surface area (Å²) in [7, 11) is 0. The quantitative estimate of drug-likeness (QED) is 0.116. The van der Waals surface area contributed by atoms with Crippen LogP contribution in [0.4, 0.5) is 0 Å². The van der Waals surface area contributed by atoms with Gasteiger partial charge in [-0.15, -0.1) is 0 Å². The highest BCUT2D eigenvalue weighted by Gasteiger charge is 2.13. The summed E-state index contributed by atoms with van der Waals surface area (Å²) in [6, 6.07) is 16.6. The van der Waals surface area contributed by atoms with Gasteiger partial charge in [0, 0.05) is 11.1 Å². The molecule has 0 saturated heterocycles. The first-order valence-electron chi connectivity index (χ1n) is 14.5. The zero-order valence-corrected chi connectivity index (χ0v) is 24.7. The van der Waals surface area contributed by atoms with E-state index in [9.17, 15) is 0 Å². The minimum absolute atomic E-state index is 0.789. The zero-order chi connectivity index (χ0) is 26.4. The summed E-state index contributed by atoms with van der Waals surface area (Å²) in [5.41, 5.74) is 2.22. The molecule has 0 N–H and O–H groups in total. The maximum absolute atomic E-state index is 5.93. The van der Waals surface area contributed by atoms with E-state index < -0.39 is 0 Å². The van der Waals surface area contributed by atoms with Gasteiger partial charge < -0.3 is 9.47 Å². The average Bonchev–Trinajstić information content (AvgIpc) is 3.53. The number of ether oxygens (including phenoxy) is 2. The molecule has 0 radical (unpaired) electrons. The van der Waals surface area contributed by atoms with Crippen molar-refractivity contribution in [2.24, 2.45) is 0 Å². The topological polar surface area (TPSA) is 44.2 Å². The van der Waals surface area contributed by atoms with Crippen molar-refractivity contribution in [2.45, 2.75) is 90.9 Å². The Hall–Kier alpha value is -2.44. The number of thiazole rings is 2. The van der Waals surface area contributed by atoms with E-state index in [1.807, 2.05) is 0 Å². The van der Waals surface area contributed by atoms with E-state index in [0.29, 0.717) is 0 Å². The molecule has 4 rings (SSSR count). The van der Waals surface area contributed by atoms with Crippen LogP contribution in [0.3, 0.4) is 0 Å². The lowest BCUT2D eigenvalue weighted by molar-refractivity contribution is 0.304. The monoisotopic (exact) mass is 550 g/mol. The van der Waals surface area contributed by atoms with Gasteiger partial charge in [0.15, 0.2) is 9.66 Å². The summed E-state index contributed by atoms with van der Waals surface area (Å²) >= 11 is 3.30. The van der Waals surface area contributed by atoms with Crippen LogP contribution in [0.1, 0.15) is 90.9 Å². The Bertz CT molecular complexity index is 1080. The van der Waals surface area contributed by atoms with Crippen LogP contribution in [0.15, 0.2) is 48.5 Å². The summed E-state index contributed by atoms with van der Waals surface area (Å²) in [6.07, 6.45) is 15.3. The van der Waals surface area contributed by atoms with Crippen molar-refractivity contribution < 1.29 is 9.47 Å². The first-order valence-corrected chi connectivity index (χ1v) is 16.1. The van der Waals surface area contributed by atoms with Crippen molar-refractivity contribution in [1.29, 1.82) is 0 Å². The summed E-state index contributed by atoms with van der Waals surface area (Å²) in [5.74, 6) is 1.86. The Morgan fingerprint density at radius 2 is 0.868 bits per heavy atom. The van der Waals surface area contributed by atoms with E-state index in [1.165, 1.54) is 64.2 Å². The molecule has 0 unspecified atom stereocenters. The number of fused-ring (bicyclic) bond motifs is 1. The number of unbranched alkanes of at least 4 members (excludes halogenated alkanes) is 10. The highest BCUT2D eigenvalue weighted by Crippen LogP contribution is 2.37. The maximum atomic E-state index is 5.93. The molecule has 2 aromatic carbocycles. The third-order valence-corrected chi connectivity index (χ3v) is 8.84. The largest absolute Gasteiger partial charge is 0.494 e. The smallest absolute Gasteiger partial charge is 0.155 e. The van der Waals surface area contributed by atoms with Crippen molar-refractivity contribution in [3.8, 4) is 32.6 Å². The first-order chi connectivity index (χ1) is 18.8. The minimum atomic E-state index is 0.789. The summed E-state index contributed by atoms with van der Waals surface area (Å²) in [5, 5.41) is 2.01. The van der Waals surface area contributed by atoms with Gasteiger partial charge in [-0.05, 0) is 61.4 Å². The Balaban J connectivity index is 1.24. The molecule has 0 spiro atoms. The van der Waals surface area contributed by atoms with Gasteiger partial charge in [-0.25, -0.2) is 9.97 Å². The molecule has 0 fully saturated rings. The highest BCUT2D eigenvalue weighted by atomic mass is 32.1. The molecule has 2 heterocycles. The predicted molar refractivity (Wildman–Crippen MR) is 164 cm³/mol. The van der Waals surface area contributed by atoms with Crippen LogP contribution in [0.25, 0.3) is 30.8 Å². The molecule has 0 aliphatic carbocycles. The maximum Gasteiger partial charge on any atom is 0.155 e. The van der Waals surface area contributed by atoms with Crippen LogP contribution in [0, 0.1) is 0 Å². The van der Waals surface area contributed by atoms with Crippen molar-refractivity contribution in [1.82, 2.24) is 9.97 Å². The van der Waals surface area contributed by atoms with Crippen LogP contribution in [0.2, 0.25) is 0 Å². The van der Waals surface area contributed by atoms with Crippen LogP contribution in [-0.2, 0) is 0 Å². The van der Waals surface area contributed by atoms with Crippen molar-refractivity contribution >= 4 is 32.3 Å². The lowest BCUT2D eigenvalue weighted by Gasteiger charge is -2.07. The van der Waals surface area contributed by atoms with Crippen LogP contribution >= 0.6 is 22.7 Å². The molecule has 4 nitrogen and oxygen atoms in total. The highest BCUT2D eigenvalue weighted by molar-refractivity contribution is 7.29. The third-order valence-electron chi connectivity index (χ3n) is 6.71. The summed E-state index contributed by atoms with van der Waals surface area (Å²) in [4.78, 5) is 11.7. The van der Waals surface area contributed by atoms with Gasteiger partial charge in [-0.3, -0.25) is 0 Å². The van der Waals surface area contributed by atoms with Crippen molar-refractivity contribution in [2.75, 3.05) is 13.2 Å². The SMILES string of the molecule is CCCCCCCCOc1ccc(-c2nc3sc(-c4ccc(OCCCCCCCC)cc4)nc3s2)cc1. The number of hydrogen-bond acceptors (Lipinski definition) is 6. The standard InChI is InChI=1S/C32H42N2O2S2/c1-3-5-7-9-11-13-23-35-27-19-15-25(16-20-27)29-33-31-32(37-29)34-30(38-31)26-17-21-28(22-18-26)36-24-14-12-10-8-6-4-2/h15-22H,3-14,23-24H2,1-2H3. The number of rotatable bonds is 18. The molecular formula is C32H42N2O2S2. The molecule has 4 aromatic rings. The Morgan fingerprint density at radius 1 is 0.500 bits per heavy atom. The van der Waals surface area contributed by atoms with Crippen molar-refractivity contribution in [3.05, 3.63) is 48.5 Å². The number of benzene rings is 2. The van der Waals surface area contributed by atoms with E-state index in [0.717, 1.165) is 68.4 Å². The molecule has 38 heavy (non-hydrogen) atoms. The second-order valence-electron chi connectivity index (χ2n) is 9.93. The molecule has 0 amide bonds. The van der Waals surface area contributed by atoms with Gasteiger partial charge in [0.05, 0.1) is 13.2 Å². The van der Waals surface area contributed by atoms with E-state index in [-0.39, 0.29) is 0 Å². The minimum Gasteiger partial charge on any atom is -0.494 e. The van der Waals surface area contributed by atoms with Gasteiger partial charge in [0.25, 0.3) is 0 Å². The Kier molecular flexibility index (Phi) is 11.9. The lowest BCUT2D eigenvalue weighted by Crippen LogP contribution is -1.97. The Morgan fingerprint density at radius 3 is 1.26 bits per heavy atom. The molecule has 0 saturated carbocycles. The second kappa shape index (κ2) is 15.8. The summed E-state index contributed by atoms with van der Waals surface area (Å²) in [6.45, 7) is 6.08. The molecule has 6 heteroatoms. The normalized spacial score (nSPS) is 11.3. The van der Waals surface area contributed by atoms with E-state index in [4.69, 9.17) is 19.4 Å². The molecule has 0 aliphatic heterocycles. The summed E-state index contributed by atoms with van der Waals surface area (Å²) < 4.78 is 11.9. The van der Waals surface area contributed by atoms with E-state index in [1.54, 1.807) is 22.7 Å². The molecule has 0 aliphatic rings. The number of hydrogen-bond donors (Lipinski definition) is 0. The van der Waals surface area contributed by atoms with E-state index >= 15 is 0 Å². The second-order valence-corrected chi connectivity index (χ2v) is 11.9. The number of nitrogens with zero attached hydrogens (tertiary/aromatic N) is 2. The molecule has 2 aromatic heterocycles. The fraction of sp³-hybridized carbons (Fsp3) is 0.500. The third kappa shape index (κ3) is 8.81. The first kappa shape index (κ1) is 28.6. The van der Waals surface area contributed by atoms with Gasteiger partial charge in [0.2, 0.25) is 0 Å². The fourth-order valence-corrected chi connectivity index (χ4v) is 6.47. The Labute approximate surface area is 236 Å². The van der Waals surface area contributed by atoms with Crippen molar-refractivity contribution in [3.63, 3.8) is 0 Å². The van der Waals surface area contributed by atoms with Gasteiger partial charge in [-0.1, -0.05) is 101 Å². The zero-order valence-electron chi connectivity index (χ0n) is 23.0. The molecule has 204 valence electrons. The lowest BCUT2D eigenvalue weighted by atomic mass is 10.1. The van der Waals surface area contributed by atoms with Gasteiger partial charge in [0.1, 0.15) is 21.5 Å². The van der Waals surface area contributed by atoms with Gasteiger partial charge in [-0.2, -0.15) is 0 Å². The van der Waals surface area contributed by atoms with Gasteiger partial charge >= 0.3 is 0 Å². The van der Waals surface area contributed by atoms with Crippen LogP contribution < -0.4 is 9.47 Å². The van der Waals surface area contributed by atoms with Crippen LogP contribution in [0.5, 0.6) is 11.5 Å². The number of aromatic nitrogens is 2. The van der Waals surface area contributed by atoms with Crippen LogP contribution in [-0.4, -0.2) is 23.2 Å². The molecular weight excluding hydrogens is 508 g/mol. The molecule has 0 atom stereocenters. The predicted octanol–water partition coefficient (Wildman–Crippen LogP) is 10.6. The molecule has 0 bridgehead atoms. The average molecular weight is 551 g/mol. The fourth-order valence-electron chi connectivity index (χ4n) is 4.42. The van der Waals surface area contributed by atoms with E-state index in [2.05, 4.69) is 62.4 Å².